The van der Waals surface area contributed by atoms with E-state index >= 15 is 0 Å². The van der Waals surface area contributed by atoms with E-state index in [1.807, 2.05) is 24.4 Å². The molecule has 0 aliphatic carbocycles. The molecule has 0 bridgehead atoms. The topological polar surface area (TPSA) is 62.7 Å². The van der Waals surface area contributed by atoms with Crippen LogP contribution in [0.5, 0.6) is 0 Å². The van der Waals surface area contributed by atoms with Crippen molar-refractivity contribution in [2.75, 3.05) is 11.9 Å². The minimum Gasteiger partial charge on any atom is -0.324 e. The molecule has 0 spiro atoms. The molecule has 1 atom stereocenters. The predicted molar refractivity (Wildman–Crippen MR) is 69.5 cm³/mol. The summed E-state index contributed by atoms with van der Waals surface area (Å²) in [6.07, 6.45) is 7.61. The van der Waals surface area contributed by atoms with E-state index in [0.29, 0.717) is 6.04 Å². The lowest BCUT2D eigenvalue weighted by Crippen LogP contribution is -2.15. The number of hydrogen-bond donors (Lipinski definition) is 2. The van der Waals surface area contributed by atoms with Gasteiger partial charge in [0, 0.05) is 6.20 Å². The van der Waals surface area contributed by atoms with Gasteiger partial charge in [0.05, 0.1) is 24.1 Å². The van der Waals surface area contributed by atoms with Crippen molar-refractivity contribution in [3.63, 3.8) is 0 Å². The zero-order chi connectivity index (χ0) is 12.2. The summed E-state index contributed by atoms with van der Waals surface area (Å²) in [6, 6.07) is 6.06. The number of nitrogens with one attached hydrogen (secondary N) is 2. The van der Waals surface area contributed by atoms with Gasteiger partial charge >= 0.3 is 0 Å². The molecule has 92 valence electrons. The Kier molecular flexibility index (Phi) is 3.14. The fraction of sp³-hybridized carbons (Fsp3) is 0.308. The van der Waals surface area contributed by atoms with E-state index in [1.165, 1.54) is 6.42 Å². The second-order valence-corrected chi connectivity index (χ2v) is 4.32. The number of aromatic nitrogens is 3. The number of rotatable bonds is 3. The molecule has 5 nitrogen and oxygen atoms in total. The molecule has 18 heavy (non-hydrogen) atoms. The van der Waals surface area contributed by atoms with Crippen molar-refractivity contribution >= 4 is 11.6 Å². The first-order chi connectivity index (χ1) is 8.92. The fourth-order valence-corrected chi connectivity index (χ4v) is 2.11. The Morgan fingerprint density at radius 2 is 2.22 bits per heavy atom. The van der Waals surface area contributed by atoms with Crippen molar-refractivity contribution in [2.45, 2.75) is 18.9 Å². The lowest BCUT2D eigenvalue weighted by atomic mass is 10.2. The van der Waals surface area contributed by atoms with Gasteiger partial charge in [-0.25, -0.2) is 9.97 Å². The Hall–Kier alpha value is -2.01. The normalized spacial score (nSPS) is 18.8. The van der Waals surface area contributed by atoms with Gasteiger partial charge < -0.3 is 10.6 Å². The Bertz CT molecular complexity index is 508. The van der Waals surface area contributed by atoms with Crippen molar-refractivity contribution in [1.82, 2.24) is 20.3 Å². The first kappa shape index (κ1) is 11.1. The third-order valence-electron chi connectivity index (χ3n) is 2.99. The second kappa shape index (κ2) is 5.10. The number of nitrogens with zero attached hydrogens (tertiary/aromatic N) is 3. The lowest BCUT2D eigenvalue weighted by Gasteiger charge is -2.10. The van der Waals surface area contributed by atoms with Crippen LogP contribution < -0.4 is 10.6 Å². The zero-order valence-electron chi connectivity index (χ0n) is 10.0. The molecule has 0 saturated carbocycles. The molecule has 5 heteroatoms. The molecule has 3 rings (SSSR count). The van der Waals surface area contributed by atoms with Crippen LogP contribution >= 0.6 is 0 Å². The average molecular weight is 241 g/mol. The minimum atomic E-state index is 0.336. The smallest absolute Gasteiger partial charge is 0.150 e. The fourth-order valence-electron chi connectivity index (χ4n) is 2.11. The third-order valence-corrected chi connectivity index (χ3v) is 2.99. The first-order valence-corrected chi connectivity index (χ1v) is 6.15. The highest BCUT2D eigenvalue weighted by atomic mass is 15.1. The minimum absolute atomic E-state index is 0.336. The Morgan fingerprint density at radius 3 is 3.00 bits per heavy atom. The van der Waals surface area contributed by atoms with Crippen molar-refractivity contribution in [3.8, 4) is 0 Å². The Balaban J connectivity index is 1.78. The maximum Gasteiger partial charge on any atom is 0.150 e. The summed E-state index contributed by atoms with van der Waals surface area (Å²) in [4.78, 5) is 13.0. The molecule has 2 N–H and O–H groups in total. The van der Waals surface area contributed by atoms with Crippen molar-refractivity contribution in [1.29, 1.82) is 0 Å². The van der Waals surface area contributed by atoms with Gasteiger partial charge in [0.1, 0.15) is 11.6 Å². The highest BCUT2D eigenvalue weighted by Gasteiger charge is 2.17. The van der Waals surface area contributed by atoms with Gasteiger partial charge in [0.15, 0.2) is 0 Å². The van der Waals surface area contributed by atoms with Crippen molar-refractivity contribution in [2.24, 2.45) is 0 Å². The standard InChI is InChI=1S/C13H15N5/c1-2-6-16-12(5-1)18-13-9-14-8-11(17-13)10-4-3-7-15-10/h1-2,5-6,8-10,15H,3-4,7H2,(H,16,17,18)/t10-/m1/s1. The summed E-state index contributed by atoms with van der Waals surface area (Å²) in [5, 5.41) is 6.57. The average Bonchev–Trinajstić information content (AvgIpc) is 2.94. The van der Waals surface area contributed by atoms with Crippen LogP contribution in [0.1, 0.15) is 24.6 Å². The molecule has 1 aliphatic rings. The number of pyridine rings is 1. The van der Waals surface area contributed by atoms with Crippen LogP contribution in [0.25, 0.3) is 0 Å². The molecule has 1 saturated heterocycles. The molecule has 3 heterocycles. The van der Waals surface area contributed by atoms with Gasteiger partial charge in [0.25, 0.3) is 0 Å². The SMILES string of the molecule is c1ccc(Nc2cncc([C@H]3CCCN3)n2)nc1. The van der Waals surface area contributed by atoms with E-state index < -0.39 is 0 Å². The first-order valence-electron chi connectivity index (χ1n) is 6.15. The summed E-state index contributed by atoms with van der Waals surface area (Å²) in [6.45, 7) is 1.06. The summed E-state index contributed by atoms with van der Waals surface area (Å²) in [5.41, 5.74) is 0.994. The molecular weight excluding hydrogens is 226 g/mol. The van der Waals surface area contributed by atoms with E-state index in [9.17, 15) is 0 Å². The maximum absolute atomic E-state index is 4.57. The predicted octanol–water partition coefficient (Wildman–Crippen LogP) is 2.04. The van der Waals surface area contributed by atoms with Crippen LogP contribution in [-0.2, 0) is 0 Å². The Morgan fingerprint density at radius 1 is 1.22 bits per heavy atom. The second-order valence-electron chi connectivity index (χ2n) is 4.32. The van der Waals surface area contributed by atoms with Crippen LogP contribution in [0.2, 0.25) is 0 Å². The van der Waals surface area contributed by atoms with Gasteiger partial charge in [-0.3, -0.25) is 4.98 Å². The highest BCUT2D eigenvalue weighted by Crippen LogP contribution is 2.22. The molecule has 1 fully saturated rings. The van der Waals surface area contributed by atoms with Crippen LogP contribution in [0.15, 0.2) is 36.8 Å². The van der Waals surface area contributed by atoms with E-state index in [0.717, 1.165) is 30.3 Å². The summed E-state index contributed by atoms with van der Waals surface area (Å²) >= 11 is 0. The summed E-state index contributed by atoms with van der Waals surface area (Å²) in [5.74, 6) is 1.52. The third kappa shape index (κ3) is 2.46. The monoisotopic (exact) mass is 241 g/mol. The van der Waals surface area contributed by atoms with E-state index in [4.69, 9.17) is 0 Å². The number of hydrogen-bond acceptors (Lipinski definition) is 5. The highest BCUT2D eigenvalue weighted by molar-refractivity contribution is 5.49. The van der Waals surface area contributed by atoms with Crippen LogP contribution in [0.3, 0.4) is 0 Å². The van der Waals surface area contributed by atoms with E-state index in [1.54, 1.807) is 12.4 Å². The quantitative estimate of drug-likeness (QED) is 0.861. The van der Waals surface area contributed by atoms with Gasteiger partial charge in [-0.2, -0.15) is 0 Å². The van der Waals surface area contributed by atoms with E-state index in [-0.39, 0.29) is 0 Å². The molecule has 0 aromatic carbocycles. The molecule has 0 radical (unpaired) electrons. The van der Waals surface area contributed by atoms with Crippen LogP contribution in [0.4, 0.5) is 11.6 Å². The summed E-state index contributed by atoms with van der Waals surface area (Å²) < 4.78 is 0. The van der Waals surface area contributed by atoms with Gasteiger partial charge in [-0.05, 0) is 31.5 Å². The molecule has 2 aromatic heterocycles. The number of anilines is 2. The molecule has 0 amide bonds. The lowest BCUT2D eigenvalue weighted by molar-refractivity contribution is 0.625. The van der Waals surface area contributed by atoms with Gasteiger partial charge in [-0.15, -0.1) is 0 Å². The van der Waals surface area contributed by atoms with Gasteiger partial charge in [0.2, 0.25) is 0 Å². The van der Waals surface area contributed by atoms with E-state index in [2.05, 4.69) is 25.6 Å². The van der Waals surface area contributed by atoms with Crippen LogP contribution in [0, 0.1) is 0 Å². The molecule has 0 unspecified atom stereocenters. The van der Waals surface area contributed by atoms with Gasteiger partial charge in [-0.1, -0.05) is 6.07 Å². The zero-order valence-corrected chi connectivity index (χ0v) is 10.0. The van der Waals surface area contributed by atoms with Crippen LogP contribution in [-0.4, -0.2) is 21.5 Å². The van der Waals surface area contributed by atoms with Crippen molar-refractivity contribution in [3.05, 3.63) is 42.5 Å². The molecule has 2 aromatic rings. The molecule has 1 aliphatic heterocycles. The maximum atomic E-state index is 4.57. The Labute approximate surface area is 106 Å². The summed E-state index contributed by atoms with van der Waals surface area (Å²) in [7, 11) is 0. The molecular formula is C13H15N5. The largest absolute Gasteiger partial charge is 0.324 e. The van der Waals surface area contributed by atoms with Crippen molar-refractivity contribution < 1.29 is 0 Å².